The molecule has 1 aromatic carbocycles. The molecule has 90 valence electrons. The molecule has 0 N–H and O–H groups in total. The number of nitrogens with zero attached hydrogens (tertiary/aromatic N) is 1. The SMILES string of the molecule is CCc1ccc(CC(C)N(CC)CC)cc1. The van der Waals surface area contributed by atoms with Gasteiger partial charge in [0.25, 0.3) is 0 Å². The molecule has 1 aromatic rings. The van der Waals surface area contributed by atoms with Crippen molar-refractivity contribution in [2.24, 2.45) is 0 Å². The molecule has 0 fully saturated rings. The van der Waals surface area contributed by atoms with Gasteiger partial charge in [0.15, 0.2) is 0 Å². The Morgan fingerprint density at radius 1 is 0.938 bits per heavy atom. The van der Waals surface area contributed by atoms with Crippen LogP contribution in [0.25, 0.3) is 0 Å². The van der Waals surface area contributed by atoms with Crippen molar-refractivity contribution < 1.29 is 0 Å². The minimum absolute atomic E-state index is 0.641. The molecule has 0 radical (unpaired) electrons. The molecule has 0 aliphatic carbocycles. The molecule has 0 bridgehead atoms. The highest BCUT2D eigenvalue weighted by molar-refractivity contribution is 5.23. The molecule has 0 saturated carbocycles. The van der Waals surface area contributed by atoms with Gasteiger partial charge in [0.2, 0.25) is 0 Å². The van der Waals surface area contributed by atoms with E-state index in [9.17, 15) is 0 Å². The number of hydrogen-bond acceptors (Lipinski definition) is 1. The van der Waals surface area contributed by atoms with Crippen LogP contribution in [0, 0.1) is 0 Å². The Morgan fingerprint density at radius 2 is 1.44 bits per heavy atom. The molecule has 0 amide bonds. The van der Waals surface area contributed by atoms with Crippen molar-refractivity contribution in [3.63, 3.8) is 0 Å². The molecule has 1 rings (SSSR count). The van der Waals surface area contributed by atoms with Gasteiger partial charge in [-0.25, -0.2) is 0 Å². The highest BCUT2D eigenvalue weighted by atomic mass is 15.1. The normalized spacial score (nSPS) is 13.1. The lowest BCUT2D eigenvalue weighted by atomic mass is 10.0. The van der Waals surface area contributed by atoms with E-state index in [1.807, 2.05) is 0 Å². The Labute approximate surface area is 100 Å². The second-order valence-corrected chi connectivity index (χ2v) is 4.44. The highest BCUT2D eigenvalue weighted by Crippen LogP contribution is 2.10. The standard InChI is InChI=1S/C15H25N/c1-5-14-8-10-15(11-9-14)12-13(4)16(6-2)7-3/h8-11,13H,5-7,12H2,1-4H3. The number of hydrogen-bond donors (Lipinski definition) is 0. The molecule has 0 heterocycles. The van der Waals surface area contributed by atoms with Gasteiger partial charge in [-0.3, -0.25) is 0 Å². The van der Waals surface area contributed by atoms with E-state index >= 15 is 0 Å². The Bertz CT molecular complexity index is 285. The Hall–Kier alpha value is -0.820. The fourth-order valence-corrected chi connectivity index (χ4v) is 2.23. The first-order chi connectivity index (χ1) is 7.71. The summed E-state index contributed by atoms with van der Waals surface area (Å²) in [4.78, 5) is 2.51. The first-order valence-electron chi connectivity index (χ1n) is 6.53. The zero-order valence-electron chi connectivity index (χ0n) is 11.2. The second-order valence-electron chi connectivity index (χ2n) is 4.44. The second kappa shape index (κ2) is 6.70. The summed E-state index contributed by atoms with van der Waals surface area (Å²) in [6.45, 7) is 11.3. The zero-order valence-corrected chi connectivity index (χ0v) is 11.2. The summed E-state index contributed by atoms with van der Waals surface area (Å²) < 4.78 is 0. The van der Waals surface area contributed by atoms with Crippen LogP contribution >= 0.6 is 0 Å². The Morgan fingerprint density at radius 3 is 1.88 bits per heavy atom. The van der Waals surface area contributed by atoms with Gasteiger partial charge in [-0.2, -0.15) is 0 Å². The molecular formula is C15H25N. The molecule has 0 saturated heterocycles. The van der Waals surface area contributed by atoms with Crippen LogP contribution < -0.4 is 0 Å². The third-order valence-corrected chi connectivity index (χ3v) is 3.40. The Kier molecular flexibility index (Phi) is 5.54. The van der Waals surface area contributed by atoms with Gasteiger partial charge in [0, 0.05) is 6.04 Å². The fourth-order valence-electron chi connectivity index (χ4n) is 2.23. The average Bonchev–Trinajstić information content (AvgIpc) is 2.31. The van der Waals surface area contributed by atoms with Gasteiger partial charge in [0.1, 0.15) is 0 Å². The van der Waals surface area contributed by atoms with Crippen molar-refractivity contribution in [3.05, 3.63) is 35.4 Å². The van der Waals surface area contributed by atoms with Crippen molar-refractivity contribution in [3.8, 4) is 0 Å². The van der Waals surface area contributed by atoms with E-state index in [1.54, 1.807) is 0 Å². The third-order valence-electron chi connectivity index (χ3n) is 3.40. The molecular weight excluding hydrogens is 194 g/mol. The quantitative estimate of drug-likeness (QED) is 0.707. The highest BCUT2D eigenvalue weighted by Gasteiger charge is 2.10. The molecule has 16 heavy (non-hydrogen) atoms. The zero-order chi connectivity index (χ0) is 12.0. The van der Waals surface area contributed by atoms with Crippen molar-refractivity contribution >= 4 is 0 Å². The summed E-state index contributed by atoms with van der Waals surface area (Å²) in [6.07, 6.45) is 2.29. The largest absolute Gasteiger partial charge is 0.301 e. The third kappa shape index (κ3) is 3.64. The molecule has 0 aliphatic rings. The fraction of sp³-hybridized carbons (Fsp3) is 0.600. The van der Waals surface area contributed by atoms with E-state index < -0.39 is 0 Å². The lowest BCUT2D eigenvalue weighted by molar-refractivity contribution is 0.230. The van der Waals surface area contributed by atoms with Gasteiger partial charge < -0.3 is 4.90 Å². The van der Waals surface area contributed by atoms with E-state index in [0.29, 0.717) is 6.04 Å². The molecule has 1 nitrogen and oxygen atoms in total. The number of aryl methyl sites for hydroxylation is 1. The van der Waals surface area contributed by atoms with Crippen molar-refractivity contribution in [1.29, 1.82) is 0 Å². The van der Waals surface area contributed by atoms with E-state index in [4.69, 9.17) is 0 Å². The van der Waals surface area contributed by atoms with Gasteiger partial charge in [-0.15, -0.1) is 0 Å². The predicted molar refractivity (Wildman–Crippen MR) is 71.9 cm³/mol. The van der Waals surface area contributed by atoms with E-state index in [0.717, 1.165) is 25.9 Å². The summed E-state index contributed by atoms with van der Waals surface area (Å²) in [6, 6.07) is 9.70. The molecule has 0 aliphatic heterocycles. The number of rotatable bonds is 6. The van der Waals surface area contributed by atoms with E-state index in [2.05, 4.69) is 56.9 Å². The lowest BCUT2D eigenvalue weighted by Crippen LogP contribution is -2.34. The van der Waals surface area contributed by atoms with Crippen LogP contribution in [-0.4, -0.2) is 24.0 Å². The number of benzene rings is 1. The maximum absolute atomic E-state index is 2.51. The van der Waals surface area contributed by atoms with Crippen molar-refractivity contribution in [2.45, 2.75) is 46.6 Å². The topological polar surface area (TPSA) is 3.24 Å². The average molecular weight is 219 g/mol. The molecule has 0 aromatic heterocycles. The predicted octanol–water partition coefficient (Wildman–Crippen LogP) is 3.52. The van der Waals surface area contributed by atoms with Crippen LogP contribution in [0.1, 0.15) is 38.8 Å². The van der Waals surface area contributed by atoms with Gasteiger partial charge in [-0.05, 0) is 44.0 Å². The van der Waals surface area contributed by atoms with E-state index in [-0.39, 0.29) is 0 Å². The monoisotopic (exact) mass is 219 g/mol. The molecule has 1 atom stereocenters. The van der Waals surface area contributed by atoms with Gasteiger partial charge in [0.05, 0.1) is 0 Å². The van der Waals surface area contributed by atoms with Gasteiger partial charge >= 0.3 is 0 Å². The molecule has 0 spiro atoms. The summed E-state index contributed by atoms with van der Waals surface area (Å²) in [7, 11) is 0. The molecule has 1 unspecified atom stereocenters. The van der Waals surface area contributed by atoms with Crippen LogP contribution in [0.5, 0.6) is 0 Å². The molecule has 1 heteroatoms. The van der Waals surface area contributed by atoms with Crippen LogP contribution in [0.2, 0.25) is 0 Å². The number of likely N-dealkylation sites (N-methyl/N-ethyl adjacent to an activating group) is 1. The van der Waals surface area contributed by atoms with Crippen LogP contribution in [0.4, 0.5) is 0 Å². The maximum Gasteiger partial charge on any atom is 0.0107 e. The van der Waals surface area contributed by atoms with Crippen LogP contribution in [0.3, 0.4) is 0 Å². The first kappa shape index (κ1) is 13.2. The maximum atomic E-state index is 2.51. The lowest BCUT2D eigenvalue weighted by Gasteiger charge is -2.26. The van der Waals surface area contributed by atoms with Gasteiger partial charge in [-0.1, -0.05) is 45.0 Å². The summed E-state index contributed by atoms with van der Waals surface area (Å²) >= 11 is 0. The van der Waals surface area contributed by atoms with Crippen LogP contribution in [0.15, 0.2) is 24.3 Å². The minimum Gasteiger partial charge on any atom is -0.301 e. The van der Waals surface area contributed by atoms with E-state index in [1.165, 1.54) is 11.1 Å². The smallest absolute Gasteiger partial charge is 0.0107 e. The van der Waals surface area contributed by atoms with Crippen molar-refractivity contribution in [1.82, 2.24) is 4.90 Å². The van der Waals surface area contributed by atoms with Crippen molar-refractivity contribution in [2.75, 3.05) is 13.1 Å². The summed E-state index contributed by atoms with van der Waals surface area (Å²) in [5.41, 5.74) is 2.89. The Balaban J connectivity index is 2.58. The van der Waals surface area contributed by atoms with Crippen LogP contribution in [-0.2, 0) is 12.8 Å². The summed E-state index contributed by atoms with van der Waals surface area (Å²) in [5, 5.41) is 0. The minimum atomic E-state index is 0.641. The summed E-state index contributed by atoms with van der Waals surface area (Å²) in [5.74, 6) is 0. The first-order valence-corrected chi connectivity index (χ1v) is 6.53.